The number of anilines is 1. The molecule has 0 aliphatic rings. The van der Waals surface area contributed by atoms with Crippen molar-refractivity contribution in [3.63, 3.8) is 0 Å². The Kier molecular flexibility index (Phi) is 5.34. The van der Waals surface area contributed by atoms with Gasteiger partial charge in [-0.1, -0.05) is 23.7 Å². The highest BCUT2D eigenvalue weighted by Gasteiger charge is 2.18. The number of hydrogen-bond donors (Lipinski definition) is 1. The zero-order valence-electron chi connectivity index (χ0n) is 12.6. The summed E-state index contributed by atoms with van der Waals surface area (Å²) in [6.45, 7) is 3.43. The summed E-state index contributed by atoms with van der Waals surface area (Å²) in [7, 11) is 0. The summed E-state index contributed by atoms with van der Waals surface area (Å²) < 4.78 is 18.8. The van der Waals surface area contributed by atoms with Crippen molar-refractivity contribution >= 4 is 29.2 Å². The maximum atomic E-state index is 13.7. The second-order valence-electron chi connectivity index (χ2n) is 5.08. The molecule has 23 heavy (non-hydrogen) atoms. The van der Waals surface area contributed by atoms with E-state index in [2.05, 4.69) is 5.32 Å². The molecule has 0 aliphatic carbocycles. The number of carbonyl (C=O) groups excluding carboxylic acids is 2. The first-order chi connectivity index (χ1) is 10.9. The molecule has 0 saturated heterocycles. The van der Waals surface area contributed by atoms with E-state index in [4.69, 9.17) is 16.3 Å². The second kappa shape index (κ2) is 7.24. The van der Waals surface area contributed by atoms with E-state index in [1.165, 1.54) is 36.4 Å². The fraction of sp³-hybridized carbons (Fsp3) is 0.176. The van der Waals surface area contributed by atoms with Crippen LogP contribution in [0.5, 0.6) is 0 Å². The molecule has 2 rings (SSSR count). The summed E-state index contributed by atoms with van der Waals surface area (Å²) in [5.41, 5.74) is 0.180. The lowest BCUT2D eigenvalue weighted by Crippen LogP contribution is -2.18. The molecule has 120 valence electrons. The van der Waals surface area contributed by atoms with Gasteiger partial charge in [-0.05, 0) is 44.2 Å². The van der Waals surface area contributed by atoms with Gasteiger partial charge in [-0.15, -0.1) is 0 Å². The van der Waals surface area contributed by atoms with Gasteiger partial charge >= 0.3 is 5.97 Å². The number of hydrogen-bond acceptors (Lipinski definition) is 3. The van der Waals surface area contributed by atoms with E-state index in [-0.39, 0.29) is 22.9 Å². The Morgan fingerprint density at radius 1 is 1.13 bits per heavy atom. The third kappa shape index (κ3) is 4.29. The van der Waals surface area contributed by atoms with Crippen molar-refractivity contribution in [3.8, 4) is 0 Å². The van der Waals surface area contributed by atoms with E-state index in [9.17, 15) is 14.0 Å². The van der Waals surface area contributed by atoms with E-state index in [1.54, 1.807) is 19.9 Å². The fourth-order valence-corrected chi connectivity index (χ4v) is 2.08. The summed E-state index contributed by atoms with van der Waals surface area (Å²) in [4.78, 5) is 24.3. The van der Waals surface area contributed by atoms with Crippen LogP contribution in [-0.2, 0) is 4.74 Å². The first-order valence-corrected chi connectivity index (χ1v) is 7.32. The quantitative estimate of drug-likeness (QED) is 0.848. The lowest BCUT2D eigenvalue weighted by molar-refractivity contribution is 0.0379. The minimum Gasteiger partial charge on any atom is -0.459 e. The molecule has 0 radical (unpaired) electrons. The van der Waals surface area contributed by atoms with Crippen molar-refractivity contribution < 1.29 is 18.7 Å². The van der Waals surface area contributed by atoms with Crippen LogP contribution in [0.2, 0.25) is 5.02 Å². The summed E-state index contributed by atoms with van der Waals surface area (Å²) in [6.07, 6.45) is -0.312. The molecule has 2 aromatic rings. The van der Waals surface area contributed by atoms with Gasteiger partial charge in [-0.25, -0.2) is 9.18 Å². The summed E-state index contributed by atoms with van der Waals surface area (Å²) in [5, 5.41) is 2.83. The molecular formula is C17H15ClFNO3. The molecule has 0 spiro atoms. The van der Waals surface area contributed by atoms with Crippen molar-refractivity contribution in [3.05, 3.63) is 64.4 Å². The maximum absolute atomic E-state index is 13.7. The zero-order valence-corrected chi connectivity index (χ0v) is 13.4. The van der Waals surface area contributed by atoms with Crippen LogP contribution in [0.25, 0.3) is 0 Å². The third-order valence-electron chi connectivity index (χ3n) is 2.91. The highest BCUT2D eigenvalue weighted by molar-refractivity contribution is 6.31. The molecule has 0 aliphatic heterocycles. The van der Waals surface area contributed by atoms with Crippen LogP contribution in [0.4, 0.5) is 10.1 Å². The topological polar surface area (TPSA) is 55.4 Å². The monoisotopic (exact) mass is 335 g/mol. The standard InChI is InChI=1S/C17H15ClFNO3/c1-10(2)23-17(22)13-8-7-11(18)9-15(13)20-16(21)12-5-3-4-6-14(12)19/h3-10H,1-2H3,(H,20,21). The summed E-state index contributed by atoms with van der Waals surface area (Å²) in [5.74, 6) is -1.93. The average Bonchev–Trinajstić information content (AvgIpc) is 2.46. The van der Waals surface area contributed by atoms with Crippen LogP contribution in [0.3, 0.4) is 0 Å². The van der Waals surface area contributed by atoms with Crippen molar-refractivity contribution in [1.29, 1.82) is 0 Å². The minimum absolute atomic E-state index is 0.129. The Bertz CT molecular complexity index is 746. The second-order valence-corrected chi connectivity index (χ2v) is 5.51. The van der Waals surface area contributed by atoms with Gasteiger partial charge in [0.25, 0.3) is 5.91 Å². The van der Waals surface area contributed by atoms with Crippen LogP contribution in [0.15, 0.2) is 42.5 Å². The predicted molar refractivity (Wildman–Crippen MR) is 86.4 cm³/mol. The Morgan fingerprint density at radius 2 is 1.83 bits per heavy atom. The molecule has 4 nitrogen and oxygen atoms in total. The number of nitrogens with one attached hydrogen (secondary N) is 1. The Morgan fingerprint density at radius 3 is 2.48 bits per heavy atom. The fourth-order valence-electron chi connectivity index (χ4n) is 1.91. The van der Waals surface area contributed by atoms with Gasteiger partial charge < -0.3 is 10.1 Å². The van der Waals surface area contributed by atoms with Crippen molar-refractivity contribution in [2.45, 2.75) is 20.0 Å². The first kappa shape index (κ1) is 17.0. The van der Waals surface area contributed by atoms with Gasteiger partial charge in [0.1, 0.15) is 5.82 Å². The molecule has 1 amide bonds. The molecule has 0 unspecified atom stereocenters. The molecule has 0 fully saturated rings. The Balaban J connectivity index is 2.32. The number of ether oxygens (including phenoxy) is 1. The van der Waals surface area contributed by atoms with Gasteiger partial charge in [0, 0.05) is 5.02 Å². The maximum Gasteiger partial charge on any atom is 0.340 e. The van der Waals surface area contributed by atoms with E-state index >= 15 is 0 Å². The van der Waals surface area contributed by atoms with Gasteiger partial charge in [0.15, 0.2) is 0 Å². The van der Waals surface area contributed by atoms with E-state index in [1.807, 2.05) is 0 Å². The Hall–Kier alpha value is -2.40. The van der Waals surface area contributed by atoms with Gasteiger partial charge in [-0.3, -0.25) is 4.79 Å². The van der Waals surface area contributed by atoms with Crippen LogP contribution in [-0.4, -0.2) is 18.0 Å². The molecule has 6 heteroatoms. The van der Waals surface area contributed by atoms with Crippen molar-refractivity contribution in [2.24, 2.45) is 0 Å². The molecule has 1 N–H and O–H groups in total. The number of benzene rings is 2. The van der Waals surface area contributed by atoms with Crippen LogP contribution < -0.4 is 5.32 Å². The smallest absolute Gasteiger partial charge is 0.340 e. The summed E-state index contributed by atoms with van der Waals surface area (Å²) >= 11 is 5.91. The number of carbonyl (C=O) groups is 2. The minimum atomic E-state index is -0.677. The molecular weight excluding hydrogens is 321 g/mol. The molecule has 2 aromatic carbocycles. The zero-order chi connectivity index (χ0) is 17.0. The highest BCUT2D eigenvalue weighted by atomic mass is 35.5. The van der Waals surface area contributed by atoms with Crippen LogP contribution >= 0.6 is 11.6 Å². The number of esters is 1. The molecule has 0 bridgehead atoms. The Labute approximate surface area is 138 Å². The van der Waals surface area contributed by atoms with Gasteiger partial charge in [0.05, 0.1) is 22.9 Å². The number of halogens is 2. The number of rotatable bonds is 4. The van der Waals surface area contributed by atoms with Crippen LogP contribution in [0.1, 0.15) is 34.6 Å². The molecule has 0 heterocycles. The SMILES string of the molecule is CC(C)OC(=O)c1ccc(Cl)cc1NC(=O)c1ccccc1F. The lowest BCUT2D eigenvalue weighted by Gasteiger charge is -2.13. The van der Waals surface area contributed by atoms with E-state index in [0.717, 1.165) is 0 Å². The van der Waals surface area contributed by atoms with Crippen molar-refractivity contribution in [1.82, 2.24) is 0 Å². The normalized spacial score (nSPS) is 10.5. The third-order valence-corrected chi connectivity index (χ3v) is 3.15. The average molecular weight is 336 g/mol. The first-order valence-electron chi connectivity index (χ1n) is 6.95. The highest BCUT2D eigenvalue weighted by Crippen LogP contribution is 2.23. The van der Waals surface area contributed by atoms with Crippen LogP contribution in [0, 0.1) is 5.82 Å². The molecule has 0 aromatic heterocycles. The van der Waals surface area contributed by atoms with E-state index < -0.39 is 17.7 Å². The van der Waals surface area contributed by atoms with E-state index in [0.29, 0.717) is 5.02 Å². The predicted octanol–water partition coefficient (Wildman–Crippen LogP) is 4.30. The lowest BCUT2D eigenvalue weighted by atomic mass is 10.1. The molecule has 0 atom stereocenters. The van der Waals surface area contributed by atoms with Gasteiger partial charge in [-0.2, -0.15) is 0 Å². The van der Waals surface area contributed by atoms with Crippen molar-refractivity contribution in [2.75, 3.05) is 5.32 Å². The molecule has 0 saturated carbocycles. The largest absolute Gasteiger partial charge is 0.459 e. The van der Waals surface area contributed by atoms with Gasteiger partial charge in [0.2, 0.25) is 0 Å². The summed E-state index contributed by atoms with van der Waals surface area (Å²) in [6, 6.07) is 9.93. The number of amides is 1.